The molecule has 0 bridgehead atoms. The van der Waals surface area contributed by atoms with Crippen molar-refractivity contribution in [3.05, 3.63) is 53.6 Å². The van der Waals surface area contributed by atoms with E-state index in [1.807, 2.05) is 12.1 Å². The highest BCUT2D eigenvalue weighted by Gasteiger charge is 2.10. The Morgan fingerprint density at radius 1 is 1.00 bits per heavy atom. The second-order valence-electron chi connectivity index (χ2n) is 6.21. The van der Waals surface area contributed by atoms with E-state index in [0.29, 0.717) is 29.5 Å². The molecule has 0 saturated carbocycles. The first-order valence-corrected chi connectivity index (χ1v) is 8.11. The van der Waals surface area contributed by atoms with Crippen molar-refractivity contribution in [1.29, 1.82) is 0 Å². The average Bonchev–Trinajstić information content (AvgIpc) is 2.56. The Morgan fingerprint density at radius 2 is 1.67 bits per heavy atom. The number of nitrogens with one attached hydrogen (secondary N) is 1. The van der Waals surface area contributed by atoms with Gasteiger partial charge in [0.2, 0.25) is 5.91 Å². The number of hydrogen-bond acceptors (Lipinski definition) is 3. The normalized spacial score (nSPS) is 10.5. The summed E-state index contributed by atoms with van der Waals surface area (Å²) >= 11 is 0. The van der Waals surface area contributed by atoms with Gasteiger partial charge in [-0.15, -0.1) is 0 Å². The molecule has 2 aromatic carbocycles. The summed E-state index contributed by atoms with van der Waals surface area (Å²) < 4.78 is 10.5. The lowest BCUT2D eigenvalue weighted by molar-refractivity contribution is -0.115. The Morgan fingerprint density at radius 3 is 2.25 bits per heavy atom. The molecule has 0 saturated heterocycles. The lowest BCUT2D eigenvalue weighted by atomic mass is 10.0. The monoisotopic (exact) mass is 327 g/mol. The fourth-order valence-corrected chi connectivity index (χ4v) is 2.55. The molecule has 0 aromatic heterocycles. The first-order chi connectivity index (χ1) is 11.5. The molecule has 2 aromatic rings. The van der Waals surface area contributed by atoms with Crippen LogP contribution in [-0.2, 0) is 17.6 Å². The van der Waals surface area contributed by atoms with E-state index in [0.717, 1.165) is 12.0 Å². The Balaban J connectivity index is 2.00. The molecule has 0 unspecified atom stereocenters. The van der Waals surface area contributed by atoms with Crippen molar-refractivity contribution in [1.82, 2.24) is 0 Å². The van der Waals surface area contributed by atoms with Gasteiger partial charge in [-0.05, 0) is 35.6 Å². The van der Waals surface area contributed by atoms with Crippen LogP contribution in [0.25, 0.3) is 0 Å². The summed E-state index contributed by atoms with van der Waals surface area (Å²) in [6, 6.07) is 13.5. The first-order valence-electron chi connectivity index (χ1n) is 8.11. The van der Waals surface area contributed by atoms with Gasteiger partial charge in [0.05, 0.1) is 26.3 Å². The number of benzene rings is 2. The topological polar surface area (TPSA) is 47.6 Å². The Labute approximate surface area is 143 Å². The van der Waals surface area contributed by atoms with Crippen molar-refractivity contribution in [2.24, 2.45) is 5.92 Å². The molecular formula is C20H25NO3. The molecule has 1 N–H and O–H groups in total. The van der Waals surface area contributed by atoms with Crippen LogP contribution in [0.3, 0.4) is 0 Å². The Kier molecular flexibility index (Phi) is 6.24. The van der Waals surface area contributed by atoms with E-state index in [4.69, 9.17) is 9.47 Å². The molecule has 0 fully saturated rings. The maximum Gasteiger partial charge on any atom is 0.228 e. The first kappa shape index (κ1) is 17.9. The van der Waals surface area contributed by atoms with Gasteiger partial charge in [-0.3, -0.25) is 4.79 Å². The third kappa shape index (κ3) is 5.01. The van der Waals surface area contributed by atoms with E-state index in [-0.39, 0.29) is 5.91 Å². The van der Waals surface area contributed by atoms with E-state index >= 15 is 0 Å². The molecule has 0 atom stereocenters. The molecule has 4 nitrogen and oxygen atoms in total. The van der Waals surface area contributed by atoms with Crippen molar-refractivity contribution in [2.45, 2.75) is 26.7 Å². The maximum absolute atomic E-state index is 12.3. The molecule has 4 heteroatoms. The van der Waals surface area contributed by atoms with Gasteiger partial charge in [-0.25, -0.2) is 0 Å². The predicted octanol–water partition coefficient (Wildman–Crippen LogP) is 4.08. The summed E-state index contributed by atoms with van der Waals surface area (Å²) in [4.78, 5) is 12.3. The lowest BCUT2D eigenvalue weighted by Crippen LogP contribution is -2.15. The zero-order valence-electron chi connectivity index (χ0n) is 14.8. The van der Waals surface area contributed by atoms with Crippen LogP contribution in [0.1, 0.15) is 25.0 Å². The molecule has 0 aliphatic rings. The molecule has 0 radical (unpaired) electrons. The molecule has 0 spiro atoms. The number of anilines is 1. The highest BCUT2D eigenvalue weighted by molar-refractivity contribution is 5.93. The number of carbonyl (C=O) groups excluding carboxylic acids is 1. The van der Waals surface area contributed by atoms with Crippen LogP contribution in [-0.4, -0.2) is 20.1 Å². The SMILES string of the molecule is COc1ccc(NC(=O)Cc2ccc(CC(C)C)cc2)c(OC)c1. The molecule has 24 heavy (non-hydrogen) atoms. The smallest absolute Gasteiger partial charge is 0.228 e. The summed E-state index contributed by atoms with van der Waals surface area (Å²) in [6.45, 7) is 4.40. The van der Waals surface area contributed by atoms with E-state index in [1.54, 1.807) is 32.4 Å². The summed E-state index contributed by atoms with van der Waals surface area (Å²) in [5.74, 6) is 1.82. The second kappa shape index (κ2) is 8.39. The quantitative estimate of drug-likeness (QED) is 0.833. The Bertz CT molecular complexity index is 678. The number of methoxy groups -OCH3 is 2. The fourth-order valence-electron chi connectivity index (χ4n) is 2.55. The highest BCUT2D eigenvalue weighted by Crippen LogP contribution is 2.29. The van der Waals surface area contributed by atoms with Crippen molar-refractivity contribution in [2.75, 3.05) is 19.5 Å². The van der Waals surface area contributed by atoms with Crippen LogP contribution < -0.4 is 14.8 Å². The standard InChI is InChI=1S/C20H25NO3/c1-14(2)11-15-5-7-16(8-6-15)12-20(22)21-18-10-9-17(23-3)13-19(18)24-4/h5-10,13-14H,11-12H2,1-4H3,(H,21,22). The summed E-state index contributed by atoms with van der Waals surface area (Å²) in [6.07, 6.45) is 1.38. The van der Waals surface area contributed by atoms with Crippen LogP contribution in [0.5, 0.6) is 11.5 Å². The third-order valence-electron chi connectivity index (χ3n) is 3.71. The predicted molar refractivity (Wildman–Crippen MR) is 96.9 cm³/mol. The van der Waals surface area contributed by atoms with Crippen molar-refractivity contribution < 1.29 is 14.3 Å². The van der Waals surface area contributed by atoms with Crippen LogP contribution in [0.15, 0.2) is 42.5 Å². The minimum Gasteiger partial charge on any atom is -0.497 e. The number of rotatable bonds is 7. The minimum absolute atomic E-state index is 0.0740. The van der Waals surface area contributed by atoms with Gasteiger partial charge in [-0.1, -0.05) is 38.1 Å². The lowest BCUT2D eigenvalue weighted by Gasteiger charge is -2.12. The average molecular weight is 327 g/mol. The molecular weight excluding hydrogens is 302 g/mol. The van der Waals surface area contributed by atoms with E-state index in [2.05, 4.69) is 31.3 Å². The van der Waals surface area contributed by atoms with Crippen LogP contribution in [0.2, 0.25) is 0 Å². The molecule has 0 aliphatic carbocycles. The Hall–Kier alpha value is -2.49. The van der Waals surface area contributed by atoms with Crippen molar-refractivity contribution >= 4 is 11.6 Å². The number of ether oxygens (including phenoxy) is 2. The fraction of sp³-hybridized carbons (Fsp3) is 0.350. The van der Waals surface area contributed by atoms with Gasteiger partial charge in [0.15, 0.2) is 0 Å². The number of amides is 1. The van der Waals surface area contributed by atoms with Crippen LogP contribution in [0, 0.1) is 5.92 Å². The number of carbonyl (C=O) groups is 1. The highest BCUT2D eigenvalue weighted by atomic mass is 16.5. The van der Waals surface area contributed by atoms with E-state index in [9.17, 15) is 4.79 Å². The van der Waals surface area contributed by atoms with Gasteiger partial charge in [-0.2, -0.15) is 0 Å². The van der Waals surface area contributed by atoms with Gasteiger partial charge in [0.1, 0.15) is 11.5 Å². The minimum atomic E-state index is -0.0740. The zero-order chi connectivity index (χ0) is 17.5. The largest absolute Gasteiger partial charge is 0.497 e. The molecule has 1 amide bonds. The van der Waals surface area contributed by atoms with E-state index in [1.165, 1.54) is 5.56 Å². The zero-order valence-corrected chi connectivity index (χ0v) is 14.8. The van der Waals surface area contributed by atoms with Crippen molar-refractivity contribution in [3.8, 4) is 11.5 Å². The molecule has 0 aliphatic heterocycles. The number of hydrogen-bond donors (Lipinski definition) is 1. The van der Waals surface area contributed by atoms with Gasteiger partial charge in [0.25, 0.3) is 0 Å². The van der Waals surface area contributed by atoms with Crippen molar-refractivity contribution in [3.63, 3.8) is 0 Å². The van der Waals surface area contributed by atoms with Gasteiger partial charge in [0, 0.05) is 6.07 Å². The third-order valence-corrected chi connectivity index (χ3v) is 3.71. The molecule has 128 valence electrons. The summed E-state index contributed by atoms with van der Waals surface area (Å²) in [5, 5.41) is 2.89. The van der Waals surface area contributed by atoms with E-state index < -0.39 is 0 Å². The molecule has 0 heterocycles. The van der Waals surface area contributed by atoms with Gasteiger partial charge < -0.3 is 14.8 Å². The van der Waals surface area contributed by atoms with Gasteiger partial charge >= 0.3 is 0 Å². The van der Waals surface area contributed by atoms with Crippen LogP contribution in [0.4, 0.5) is 5.69 Å². The summed E-state index contributed by atoms with van der Waals surface area (Å²) in [5.41, 5.74) is 2.93. The summed E-state index contributed by atoms with van der Waals surface area (Å²) in [7, 11) is 3.16. The van der Waals surface area contributed by atoms with Crippen LogP contribution >= 0.6 is 0 Å². The molecule has 2 rings (SSSR count). The maximum atomic E-state index is 12.3. The second-order valence-corrected chi connectivity index (χ2v) is 6.21.